The van der Waals surface area contributed by atoms with Gasteiger partial charge in [-0.15, -0.1) is 0 Å². The van der Waals surface area contributed by atoms with E-state index in [9.17, 15) is 9.90 Å². The van der Waals surface area contributed by atoms with E-state index < -0.39 is 11.6 Å². The van der Waals surface area contributed by atoms with Gasteiger partial charge in [-0.25, -0.2) is 9.78 Å². The number of carboxylic acid groups (broad SMARTS) is 1. The maximum atomic E-state index is 11.4. The van der Waals surface area contributed by atoms with Gasteiger partial charge in [0.15, 0.2) is 0 Å². The van der Waals surface area contributed by atoms with Crippen molar-refractivity contribution in [1.29, 1.82) is 0 Å². The molecule has 1 heterocycles. The molecule has 5 nitrogen and oxygen atoms in total. The Kier molecular flexibility index (Phi) is 6.28. The lowest BCUT2D eigenvalue weighted by molar-refractivity contribution is -0.153. The SMILES string of the molecule is O=C(O)COC1(CCn2cnc(-c3ccccc3)c2-c2ccccc2)CCCc2ccccc21. The van der Waals surface area contributed by atoms with Crippen LogP contribution in [0.25, 0.3) is 22.5 Å². The van der Waals surface area contributed by atoms with E-state index in [2.05, 4.69) is 41.0 Å². The Morgan fingerprint density at radius 1 is 0.941 bits per heavy atom. The third kappa shape index (κ3) is 4.39. The predicted octanol–water partition coefficient (Wildman–Crippen LogP) is 5.94. The lowest BCUT2D eigenvalue weighted by Crippen LogP contribution is -2.37. The summed E-state index contributed by atoms with van der Waals surface area (Å²) in [5.41, 5.74) is 5.91. The Morgan fingerprint density at radius 2 is 1.62 bits per heavy atom. The number of imidazole rings is 1. The summed E-state index contributed by atoms with van der Waals surface area (Å²) in [4.78, 5) is 16.2. The molecule has 1 aliphatic carbocycles. The molecule has 1 unspecified atom stereocenters. The zero-order valence-electron chi connectivity index (χ0n) is 19.1. The van der Waals surface area contributed by atoms with Crippen molar-refractivity contribution in [3.63, 3.8) is 0 Å². The summed E-state index contributed by atoms with van der Waals surface area (Å²) in [6.45, 7) is 0.358. The molecule has 0 radical (unpaired) electrons. The largest absolute Gasteiger partial charge is 0.480 e. The van der Waals surface area contributed by atoms with Gasteiger partial charge in [0.2, 0.25) is 0 Å². The number of rotatable bonds is 8. The predicted molar refractivity (Wildman–Crippen MR) is 132 cm³/mol. The van der Waals surface area contributed by atoms with Gasteiger partial charge in [-0.3, -0.25) is 0 Å². The van der Waals surface area contributed by atoms with Crippen LogP contribution in [0.4, 0.5) is 0 Å². The van der Waals surface area contributed by atoms with Crippen molar-refractivity contribution in [3.05, 3.63) is 102 Å². The minimum absolute atomic E-state index is 0.306. The van der Waals surface area contributed by atoms with Crippen LogP contribution in [0, 0.1) is 0 Å². The third-order valence-electron chi connectivity index (χ3n) is 6.70. The van der Waals surface area contributed by atoms with E-state index in [1.807, 2.05) is 54.9 Å². The summed E-state index contributed by atoms with van der Waals surface area (Å²) in [6.07, 6.45) is 5.33. The molecular formula is C29H28N2O3. The van der Waals surface area contributed by atoms with Crippen LogP contribution in [-0.2, 0) is 28.1 Å². The summed E-state index contributed by atoms with van der Waals surface area (Å²) in [5.74, 6) is -0.943. The second-order valence-corrected chi connectivity index (χ2v) is 8.80. The molecule has 5 rings (SSSR count). The molecule has 1 atom stereocenters. The quantitative estimate of drug-likeness (QED) is 0.359. The highest BCUT2D eigenvalue weighted by molar-refractivity contribution is 5.78. The molecule has 172 valence electrons. The second-order valence-electron chi connectivity index (χ2n) is 8.80. The fraction of sp³-hybridized carbons (Fsp3) is 0.241. The van der Waals surface area contributed by atoms with Gasteiger partial charge in [0.25, 0.3) is 0 Å². The van der Waals surface area contributed by atoms with Crippen molar-refractivity contribution in [2.75, 3.05) is 6.61 Å². The Bertz CT molecular complexity index is 1270. The standard InChI is InChI=1S/C29H28N2O3/c32-26(33)20-34-29(17-9-15-22-10-7-8-16-25(22)29)18-19-31-21-30-27(23-11-3-1-4-12-23)28(31)24-13-5-2-6-14-24/h1-8,10-14,16,21H,9,15,17-20H2,(H,32,33). The van der Waals surface area contributed by atoms with Gasteiger partial charge >= 0.3 is 5.97 Å². The number of aliphatic carboxylic acids is 1. The Morgan fingerprint density at radius 3 is 2.35 bits per heavy atom. The molecule has 0 saturated heterocycles. The first-order valence-corrected chi connectivity index (χ1v) is 11.8. The maximum absolute atomic E-state index is 11.4. The second kappa shape index (κ2) is 9.65. The minimum Gasteiger partial charge on any atom is -0.480 e. The Balaban J connectivity index is 1.53. The Labute approximate surface area is 199 Å². The molecule has 0 saturated carbocycles. The highest BCUT2D eigenvalue weighted by atomic mass is 16.5. The van der Waals surface area contributed by atoms with Crippen LogP contribution in [0.1, 0.15) is 30.4 Å². The maximum Gasteiger partial charge on any atom is 0.329 e. The topological polar surface area (TPSA) is 64.3 Å². The molecule has 34 heavy (non-hydrogen) atoms. The van der Waals surface area contributed by atoms with E-state index in [0.717, 1.165) is 47.3 Å². The molecule has 0 fully saturated rings. The van der Waals surface area contributed by atoms with Crippen molar-refractivity contribution in [2.24, 2.45) is 0 Å². The summed E-state index contributed by atoms with van der Waals surface area (Å²) in [6, 6.07) is 28.8. The molecule has 0 amide bonds. The van der Waals surface area contributed by atoms with Crippen LogP contribution in [0.3, 0.4) is 0 Å². The average molecular weight is 453 g/mol. The van der Waals surface area contributed by atoms with E-state index >= 15 is 0 Å². The first-order chi connectivity index (χ1) is 16.7. The monoisotopic (exact) mass is 452 g/mol. The van der Waals surface area contributed by atoms with E-state index in [-0.39, 0.29) is 6.61 Å². The van der Waals surface area contributed by atoms with Crippen molar-refractivity contribution < 1.29 is 14.6 Å². The molecule has 0 spiro atoms. The molecule has 1 aromatic heterocycles. The van der Waals surface area contributed by atoms with Crippen LogP contribution in [0.15, 0.2) is 91.3 Å². The molecule has 0 aliphatic heterocycles. The number of aromatic nitrogens is 2. The summed E-state index contributed by atoms with van der Waals surface area (Å²) in [7, 11) is 0. The number of ether oxygens (including phenoxy) is 1. The van der Waals surface area contributed by atoms with Gasteiger partial charge in [-0.1, -0.05) is 84.9 Å². The molecule has 4 aromatic rings. The zero-order chi connectivity index (χ0) is 23.4. The van der Waals surface area contributed by atoms with E-state index in [1.54, 1.807) is 0 Å². The van der Waals surface area contributed by atoms with E-state index in [4.69, 9.17) is 9.72 Å². The van der Waals surface area contributed by atoms with E-state index in [0.29, 0.717) is 13.0 Å². The van der Waals surface area contributed by atoms with Crippen LogP contribution < -0.4 is 0 Å². The van der Waals surface area contributed by atoms with E-state index in [1.165, 1.54) is 5.56 Å². The van der Waals surface area contributed by atoms with Crippen molar-refractivity contribution in [2.45, 2.75) is 37.8 Å². The summed E-state index contributed by atoms with van der Waals surface area (Å²) < 4.78 is 8.37. The highest BCUT2D eigenvalue weighted by Crippen LogP contribution is 2.42. The van der Waals surface area contributed by atoms with Gasteiger partial charge < -0.3 is 14.4 Å². The highest BCUT2D eigenvalue weighted by Gasteiger charge is 2.38. The fourth-order valence-electron chi connectivity index (χ4n) is 5.12. The smallest absolute Gasteiger partial charge is 0.329 e. The summed E-state index contributed by atoms with van der Waals surface area (Å²) in [5, 5.41) is 9.37. The first kappa shape index (κ1) is 22.1. The lowest BCUT2D eigenvalue weighted by atomic mass is 9.77. The van der Waals surface area contributed by atoms with Gasteiger partial charge in [-0.2, -0.15) is 0 Å². The molecule has 1 aliphatic rings. The Hall–Kier alpha value is -3.70. The van der Waals surface area contributed by atoms with Crippen LogP contribution in [-0.4, -0.2) is 27.2 Å². The number of fused-ring (bicyclic) bond motifs is 1. The van der Waals surface area contributed by atoms with Crippen LogP contribution in [0.5, 0.6) is 0 Å². The molecule has 1 N–H and O–H groups in total. The zero-order valence-corrected chi connectivity index (χ0v) is 19.1. The summed E-state index contributed by atoms with van der Waals surface area (Å²) >= 11 is 0. The molecule has 5 heteroatoms. The molecule has 3 aromatic carbocycles. The number of benzene rings is 3. The normalized spacial score (nSPS) is 17.3. The van der Waals surface area contributed by atoms with Gasteiger partial charge in [0, 0.05) is 17.7 Å². The van der Waals surface area contributed by atoms with Crippen molar-refractivity contribution >= 4 is 5.97 Å². The number of aryl methyl sites for hydroxylation is 2. The van der Waals surface area contributed by atoms with Gasteiger partial charge in [0.05, 0.1) is 23.3 Å². The average Bonchev–Trinajstić information content (AvgIpc) is 3.31. The first-order valence-electron chi connectivity index (χ1n) is 11.8. The lowest BCUT2D eigenvalue weighted by Gasteiger charge is -2.39. The van der Waals surface area contributed by atoms with Gasteiger partial charge in [-0.05, 0) is 36.8 Å². The number of hydrogen-bond donors (Lipinski definition) is 1. The van der Waals surface area contributed by atoms with Crippen molar-refractivity contribution in [1.82, 2.24) is 9.55 Å². The van der Waals surface area contributed by atoms with Crippen molar-refractivity contribution in [3.8, 4) is 22.5 Å². The van der Waals surface area contributed by atoms with Gasteiger partial charge in [0.1, 0.15) is 6.61 Å². The number of nitrogens with zero attached hydrogens (tertiary/aromatic N) is 2. The fourth-order valence-corrected chi connectivity index (χ4v) is 5.12. The number of carbonyl (C=O) groups is 1. The van der Waals surface area contributed by atoms with Crippen LogP contribution >= 0.6 is 0 Å². The number of hydrogen-bond acceptors (Lipinski definition) is 3. The molecule has 0 bridgehead atoms. The molecular weight excluding hydrogens is 424 g/mol. The number of carboxylic acids is 1. The van der Waals surface area contributed by atoms with Crippen LogP contribution in [0.2, 0.25) is 0 Å². The third-order valence-corrected chi connectivity index (χ3v) is 6.70. The minimum atomic E-state index is -0.943.